The summed E-state index contributed by atoms with van der Waals surface area (Å²) in [5, 5.41) is 6.75. The molecule has 37 heavy (non-hydrogen) atoms. The van der Waals surface area contributed by atoms with E-state index in [1.165, 1.54) is 24.3 Å². The fraction of sp³-hybridized carbons (Fsp3) is 0.154. The fourth-order valence-electron chi connectivity index (χ4n) is 3.65. The Morgan fingerprint density at radius 3 is 2.24 bits per heavy atom. The molecule has 0 aliphatic carbocycles. The third kappa shape index (κ3) is 6.20. The zero-order chi connectivity index (χ0) is 26.8. The molecule has 1 N–H and O–H groups in total. The van der Waals surface area contributed by atoms with Crippen LogP contribution in [0, 0.1) is 0 Å². The quantitative estimate of drug-likeness (QED) is 0.327. The van der Waals surface area contributed by atoms with Crippen LogP contribution in [0.5, 0.6) is 0 Å². The van der Waals surface area contributed by atoms with E-state index in [1.54, 1.807) is 48.5 Å². The van der Waals surface area contributed by atoms with Gasteiger partial charge in [0, 0.05) is 23.9 Å². The normalized spacial score (nSPS) is 11.9. The molecule has 3 aromatic carbocycles. The molecule has 192 valence electrons. The average molecular weight is 548 g/mol. The molecule has 0 atom stereocenters. The minimum atomic E-state index is -4.65. The minimum Gasteiger partial charge on any atom is -0.352 e. The van der Waals surface area contributed by atoms with Crippen LogP contribution in [-0.4, -0.2) is 36.9 Å². The number of amides is 1. The Labute approximate surface area is 216 Å². The Balaban J connectivity index is 1.49. The van der Waals surface area contributed by atoms with E-state index >= 15 is 0 Å². The zero-order valence-corrected chi connectivity index (χ0v) is 21.0. The number of hydrogen-bond acceptors (Lipinski definition) is 4. The second-order valence-corrected chi connectivity index (χ2v) is 10.7. The summed E-state index contributed by atoms with van der Waals surface area (Å²) in [7, 11) is -3.28. The first kappa shape index (κ1) is 26.4. The topological polar surface area (TPSA) is 81.1 Å². The van der Waals surface area contributed by atoms with Crippen LogP contribution in [0.15, 0.2) is 83.8 Å². The zero-order valence-electron chi connectivity index (χ0n) is 19.5. The van der Waals surface area contributed by atoms with Gasteiger partial charge in [0.05, 0.1) is 21.3 Å². The molecule has 1 amide bonds. The first-order chi connectivity index (χ1) is 17.4. The molecule has 4 rings (SSSR count). The molecular formula is C26H21ClF3N3O3S. The lowest BCUT2D eigenvalue weighted by molar-refractivity contribution is -0.141. The van der Waals surface area contributed by atoms with Gasteiger partial charge in [0.1, 0.15) is 0 Å². The number of carbonyl (C=O) groups is 1. The lowest BCUT2D eigenvalue weighted by Crippen LogP contribution is -2.25. The predicted octanol–water partition coefficient (Wildman–Crippen LogP) is 5.59. The number of alkyl halides is 3. The number of nitrogens with one attached hydrogen (secondary N) is 1. The summed E-state index contributed by atoms with van der Waals surface area (Å²) in [6, 6.07) is 19.9. The summed E-state index contributed by atoms with van der Waals surface area (Å²) in [5.41, 5.74) is 1.01. The van der Waals surface area contributed by atoms with Gasteiger partial charge in [-0.25, -0.2) is 13.1 Å². The molecule has 1 aromatic heterocycles. The maximum Gasteiger partial charge on any atom is 0.435 e. The summed E-state index contributed by atoms with van der Waals surface area (Å²) >= 11 is 6.21. The number of para-hydroxylation sites is 1. The van der Waals surface area contributed by atoms with Gasteiger partial charge in [-0.05, 0) is 54.4 Å². The van der Waals surface area contributed by atoms with E-state index in [1.807, 2.05) is 0 Å². The van der Waals surface area contributed by atoms with Crippen molar-refractivity contribution in [2.24, 2.45) is 0 Å². The highest BCUT2D eigenvalue weighted by atomic mass is 35.5. The van der Waals surface area contributed by atoms with E-state index in [2.05, 4.69) is 10.4 Å². The van der Waals surface area contributed by atoms with Crippen molar-refractivity contribution in [3.05, 3.63) is 101 Å². The van der Waals surface area contributed by atoms with Gasteiger partial charge in [-0.1, -0.05) is 48.0 Å². The van der Waals surface area contributed by atoms with Crippen LogP contribution < -0.4 is 5.32 Å². The van der Waals surface area contributed by atoms with E-state index < -0.39 is 21.7 Å². The maximum atomic E-state index is 13.4. The molecule has 0 bridgehead atoms. The lowest BCUT2D eigenvalue weighted by Gasteiger charge is -2.10. The highest BCUT2D eigenvalue weighted by Gasteiger charge is 2.35. The van der Waals surface area contributed by atoms with Gasteiger partial charge in [0.2, 0.25) is 0 Å². The van der Waals surface area contributed by atoms with Crippen molar-refractivity contribution in [2.75, 3.05) is 12.8 Å². The van der Waals surface area contributed by atoms with Crippen molar-refractivity contribution >= 4 is 27.3 Å². The van der Waals surface area contributed by atoms with Gasteiger partial charge in [-0.3, -0.25) is 4.79 Å². The first-order valence-electron chi connectivity index (χ1n) is 11.0. The Kier molecular flexibility index (Phi) is 7.42. The predicted molar refractivity (Wildman–Crippen MR) is 135 cm³/mol. The number of benzene rings is 3. The van der Waals surface area contributed by atoms with Gasteiger partial charge in [0.15, 0.2) is 15.5 Å². The molecule has 0 saturated heterocycles. The highest BCUT2D eigenvalue weighted by Crippen LogP contribution is 2.34. The summed E-state index contributed by atoms with van der Waals surface area (Å²) in [5.74, 6) is -0.352. The third-order valence-electron chi connectivity index (χ3n) is 5.57. The van der Waals surface area contributed by atoms with Crippen LogP contribution in [0.25, 0.3) is 16.9 Å². The van der Waals surface area contributed by atoms with Crippen molar-refractivity contribution < 1.29 is 26.4 Å². The van der Waals surface area contributed by atoms with Crippen molar-refractivity contribution in [3.63, 3.8) is 0 Å². The van der Waals surface area contributed by atoms with Gasteiger partial charge in [-0.15, -0.1) is 0 Å². The largest absolute Gasteiger partial charge is 0.435 e. The summed E-state index contributed by atoms with van der Waals surface area (Å²) in [6.07, 6.45) is -3.02. The molecule has 6 nitrogen and oxygen atoms in total. The SMILES string of the molecule is CS(=O)(=O)c1ccc(CCNC(=O)c2ccc(-c3cc(C(F)(F)F)nn3-c3ccccc3Cl)cc2)cc1. The Bertz CT molecular complexity index is 1530. The molecule has 11 heteroatoms. The third-order valence-corrected chi connectivity index (χ3v) is 7.02. The maximum absolute atomic E-state index is 13.4. The van der Waals surface area contributed by atoms with Gasteiger partial charge in [-0.2, -0.15) is 18.3 Å². The molecule has 0 aliphatic heterocycles. The van der Waals surface area contributed by atoms with E-state index in [9.17, 15) is 26.4 Å². The molecule has 1 heterocycles. The number of carbonyl (C=O) groups excluding carboxylic acids is 1. The number of halogens is 4. The van der Waals surface area contributed by atoms with Gasteiger partial charge < -0.3 is 5.32 Å². The minimum absolute atomic E-state index is 0.171. The molecule has 4 aromatic rings. The molecule has 0 aliphatic rings. The fourth-order valence-corrected chi connectivity index (χ4v) is 4.50. The number of rotatable bonds is 7. The van der Waals surface area contributed by atoms with Gasteiger partial charge in [0.25, 0.3) is 5.91 Å². The Morgan fingerprint density at radius 2 is 1.65 bits per heavy atom. The highest BCUT2D eigenvalue weighted by molar-refractivity contribution is 7.90. The summed E-state index contributed by atoms with van der Waals surface area (Å²) < 4.78 is 64.5. The second-order valence-electron chi connectivity index (χ2n) is 8.28. The van der Waals surface area contributed by atoms with E-state index in [0.717, 1.165) is 22.6 Å². The van der Waals surface area contributed by atoms with Crippen molar-refractivity contribution in [3.8, 4) is 16.9 Å². The number of aromatic nitrogens is 2. The van der Waals surface area contributed by atoms with Gasteiger partial charge >= 0.3 is 6.18 Å². The number of nitrogens with zero attached hydrogens (tertiary/aromatic N) is 2. The summed E-state index contributed by atoms with van der Waals surface area (Å²) in [6.45, 7) is 0.313. The Morgan fingerprint density at radius 1 is 1.00 bits per heavy atom. The Hall–Kier alpha value is -3.63. The molecule has 0 unspecified atom stereocenters. The lowest BCUT2D eigenvalue weighted by atomic mass is 10.1. The van der Waals surface area contributed by atoms with Crippen LogP contribution >= 0.6 is 11.6 Å². The monoisotopic (exact) mass is 547 g/mol. The van der Waals surface area contributed by atoms with Crippen molar-refractivity contribution in [1.82, 2.24) is 15.1 Å². The number of sulfone groups is 1. The van der Waals surface area contributed by atoms with E-state index in [-0.39, 0.29) is 21.5 Å². The molecule has 0 saturated carbocycles. The van der Waals surface area contributed by atoms with E-state index in [4.69, 9.17) is 11.6 Å². The van der Waals surface area contributed by atoms with Crippen LogP contribution in [-0.2, 0) is 22.4 Å². The average Bonchev–Trinajstić information content (AvgIpc) is 3.30. The standard InChI is InChI=1S/C26H21ClF3N3O3S/c1-37(35,36)20-12-6-17(7-13-20)14-15-31-25(34)19-10-8-18(9-11-19)23-16-24(26(28,29)30)32-33(23)22-5-3-2-4-21(22)27/h2-13,16H,14-15H2,1H3,(H,31,34). The summed E-state index contributed by atoms with van der Waals surface area (Å²) in [4.78, 5) is 12.8. The molecule has 0 spiro atoms. The van der Waals surface area contributed by atoms with Crippen molar-refractivity contribution in [2.45, 2.75) is 17.5 Å². The van der Waals surface area contributed by atoms with Crippen molar-refractivity contribution in [1.29, 1.82) is 0 Å². The van der Waals surface area contributed by atoms with Crippen LogP contribution in [0.1, 0.15) is 21.6 Å². The van der Waals surface area contributed by atoms with Crippen LogP contribution in [0.2, 0.25) is 5.02 Å². The van der Waals surface area contributed by atoms with Crippen LogP contribution in [0.4, 0.5) is 13.2 Å². The second kappa shape index (κ2) is 10.4. The van der Waals surface area contributed by atoms with Crippen LogP contribution in [0.3, 0.4) is 0 Å². The molecule has 0 radical (unpaired) electrons. The smallest absolute Gasteiger partial charge is 0.352 e. The molecule has 0 fully saturated rings. The van der Waals surface area contributed by atoms with E-state index in [0.29, 0.717) is 29.8 Å². The molecular weight excluding hydrogens is 527 g/mol. The first-order valence-corrected chi connectivity index (χ1v) is 13.3. The number of hydrogen-bond donors (Lipinski definition) is 1.